The quantitative estimate of drug-likeness (QED) is 0.371. The first-order valence-corrected chi connectivity index (χ1v) is 6.96. The predicted octanol–water partition coefficient (Wildman–Crippen LogP) is 1.49. The number of rotatable bonds is 3. The summed E-state index contributed by atoms with van der Waals surface area (Å²) in [7, 11) is 0. The van der Waals surface area contributed by atoms with Gasteiger partial charge in [-0.2, -0.15) is 0 Å². The first-order valence-electron chi connectivity index (χ1n) is 5.71. The van der Waals surface area contributed by atoms with E-state index < -0.39 is 0 Å². The largest absolute Gasteiger partial charge is 0.458 e. The van der Waals surface area contributed by atoms with E-state index >= 15 is 0 Å². The monoisotopic (exact) mass is 321 g/mol. The Kier molecular flexibility index (Phi) is 2.29. The Morgan fingerprint density at radius 1 is 1.53 bits per heavy atom. The van der Waals surface area contributed by atoms with Gasteiger partial charge < -0.3 is 10.1 Å². The maximum atomic E-state index is 11.9. The molecule has 4 rings (SSSR count). The minimum absolute atomic E-state index is 0.000532. The van der Waals surface area contributed by atoms with Gasteiger partial charge in [0.2, 0.25) is 0 Å². The van der Waals surface area contributed by atoms with Crippen LogP contribution in [0.25, 0.3) is 0 Å². The summed E-state index contributed by atoms with van der Waals surface area (Å²) in [5, 5.41) is 3.17. The first kappa shape index (κ1) is 10.3. The lowest BCUT2D eigenvalue weighted by Crippen LogP contribution is -2.51. The topological polar surface area (TPSA) is 48.2 Å². The van der Waals surface area contributed by atoms with Crippen molar-refractivity contribution in [3.63, 3.8) is 0 Å². The number of carbonyl (C=O) groups is 1. The molecule has 4 fully saturated rings. The molecule has 3 aliphatic carbocycles. The van der Waals surface area contributed by atoms with Crippen LogP contribution in [-0.2, 0) is 9.53 Å². The Morgan fingerprint density at radius 2 is 2.13 bits per heavy atom. The van der Waals surface area contributed by atoms with Crippen LogP contribution in [-0.4, -0.2) is 28.1 Å². The smallest absolute Gasteiger partial charge is 0.321 e. The van der Waals surface area contributed by atoms with Crippen molar-refractivity contribution in [3.8, 4) is 0 Å². The van der Waals surface area contributed by atoms with Crippen LogP contribution in [0.4, 0.5) is 0 Å². The molecule has 4 aliphatic rings. The molecule has 0 aromatic carbocycles. The summed E-state index contributed by atoms with van der Waals surface area (Å²) in [4.78, 5) is 11.9. The minimum Gasteiger partial charge on any atom is -0.458 e. The zero-order valence-electron chi connectivity index (χ0n) is 8.83. The molecule has 0 radical (unpaired) electrons. The van der Waals surface area contributed by atoms with Crippen LogP contribution in [0.15, 0.2) is 0 Å². The van der Waals surface area contributed by atoms with E-state index in [1.54, 1.807) is 0 Å². The number of alkyl halides is 1. The zero-order chi connectivity index (χ0) is 10.6. The molecule has 2 bridgehead atoms. The van der Waals surface area contributed by atoms with E-state index in [2.05, 4.69) is 34.8 Å². The number of hydrogen-bond acceptors (Lipinski definition) is 3. The van der Waals surface area contributed by atoms with E-state index in [1.807, 2.05) is 0 Å². The Bertz CT molecular complexity index is 289. The summed E-state index contributed by atoms with van der Waals surface area (Å²) in [6, 6.07) is 0.361. The molecule has 84 valence electrons. The molecule has 0 amide bonds. The van der Waals surface area contributed by atoms with Gasteiger partial charge in [-0.05, 0) is 38.0 Å². The molecule has 1 N–H and O–H groups in total. The van der Waals surface area contributed by atoms with E-state index in [4.69, 9.17) is 4.74 Å². The van der Waals surface area contributed by atoms with Crippen molar-refractivity contribution >= 4 is 28.6 Å². The van der Waals surface area contributed by atoms with Crippen molar-refractivity contribution in [2.24, 2.45) is 11.8 Å². The second-order valence-electron chi connectivity index (χ2n) is 5.23. The average Bonchev–Trinajstić information content (AvgIpc) is 2.84. The van der Waals surface area contributed by atoms with Crippen molar-refractivity contribution in [3.05, 3.63) is 0 Å². The van der Waals surface area contributed by atoms with Crippen molar-refractivity contribution in [2.45, 2.75) is 41.8 Å². The maximum absolute atomic E-state index is 11.9. The van der Waals surface area contributed by atoms with Crippen LogP contribution in [0.2, 0.25) is 0 Å². The summed E-state index contributed by atoms with van der Waals surface area (Å²) < 4.78 is 5.74. The highest BCUT2D eigenvalue weighted by atomic mass is 127. The summed E-state index contributed by atoms with van der Waals surface area (Å²) in [5.74, 6) is 1.27. The van der Waals surface area contributed by atoms with E-state index in [9.17, 15) is 4.79 Å². The van der Waals surface area contributed by atoms with Crippen molar-refractivity contribution in [1.82, 2.24) is 5.32 Å². The number of fused-ring (bicyclic) bond motifs is 1. The van der Waals surface area contributed by atoms with Gasteiger partial charge in [-0.3, -0.25) is 4.79 Å². The number of esters is 1. The molecule has 0 spiro atoms. The van der Waals surface area contributed by atoms with Crippen molar-refractivity contribution in [1.29, 1.82) is 0 Å². The van der Waals surface area contributed by atoms with Crippen molar-refractivity contribution in [2.75, 3.05) is 6.54 Å². The van der Waals surface area contributed by atoms with Gasteiger partial charge in [0.05, 0.1) is 0 Å². The van der Waals surface area contributed by atoms with Gasteiger partial charge in [0.1, 0.15) is 9.53 Å². The molecule has 4 unspecified atom stereocenters. The summed E-state index contributed by atoms with van der Waals surface area (Å²) >= 11 is 2.20. The van der Waals surface area contributed by atoms with Crippen molar-refractivity contribution < 1.29 is 9.53 Å². The molecule has 1 heterocycles. The summed E-state index contributed by atoms with van der Waals surface area (Å²) in [6.45, 7) is 3.09. The van der Waals surface area contributed by atoms with Gasteiger partial charge in [0.25, 0.3) is 0 Å². The molecule has 1 saturated heterocycles. The lowest BCUT2D eigenvalue weighted by atomic mass is 9.69. The molecule has 1 aliphatic heterocycles. The van der Waals surface area contributed by atoms with Gasteiger partial charge in [-0.15, -0.1) is 0 Å². The molecule has 4 atom stereocenters. The first-order chi connectivity index (χ1) is 7.11. The molecule has 3 saturated carbocycles. The Labute approximate surface area is 103 Å². The number of halogens is 1. The van der Waals surface area contributed by atoms with Gasteiger partial charge in [0.15, 0.2) is 0 Å². The molecule has 0 aromatic rings. The summed E-state index contributed by atoms with van der Waals surface area (Å²) in [5.41, 5.74) is -0.116. The number of carbonyl (C=O) groups excluding carboxylic acids is 1. The third kappa shape index (κ3) is 1.52. The lowest BCUT2D eigenvalue weighted by molar-refractivity contribution is -0.181. The fourth-order valence-corrected chi connectivity index (χ4v) is 3.71. The molecule has 0 aromatic heterocycles. The average molecular weight is 321 g/mol. The van der Waals surface area contributed by atoms with Gasteiger partial charge in [-0.25, -0.2) is 0 Å². The minimum atomic E-state index is -0.116. The number of nitrogens with one attached hydrogen (secondary N) is 1. The predicted molar refractivity (Wildman–Crippen MR) is 64.9 cm³/mol. The summed E-state index contributed by atoms with van der Waals surface area (Å²) in [6.07, 6.45) is 3.78. The molecule has 4 heteroatoms. The van der Waals surface area contributed by atoms with Gasteiger partial charge in [-0.1, -0.05) is 22.6 Å². The zero-order valence-corrected chi connectivity index (χ0v) is 11.0. The third-order valence-electron chi connectivity index (χ3n) is 4.39. The second kappa shape index (κ2) is 3.32. The van der Waals surface area contributed by atoms with E-state index in [0.29, 0.717) is 17.9 Å². The highest BCUT2D eigenvalue weighted by molar-refractivity contribution is 14.1. The Balaban J connectivity index is 1.62. The number of ether oxygens (including phenoxy) is 1. The number of hydrogen-bond donors (Lipinski definition) is 1. The molecular weight excluding hydrogens is 305 g/mol. The fourth-order valence-electron chi connectivity index (χ4n) is 3.07. The van der Waals surface area contributed by atoms with Crippen LogP contribution in [0, 0.1) is 11.8 Å². The van der Waals surface area contributed by atoms with Gasteiger partial charge >= 0.3 is 5.97 Å². The fraction of sp³-hybridized carbons (Fsp3) is 0.909. The Hall–Kier alpha value is 0.160. The van der Waals surface area contributed by atoms with E-state index in [1.165, 1.54) is 19.3 Å². The molecular formula is C11H16INO2. The highest BCUT2D eigenvalue weighted by Crippen LogP contribution is 2.58. The lowest BCUT2D eigenvalue weighted by Gasteiger charge is -2.46. The standard InChI is InChI=1S/C11H16INO2/c1-11(6-2-3-7(11)4-6)15-10(14)9(12)8-5-13-8/h6-9,13H,2-5H2,1H3. The maximum Gasteiger partial charge on any atom is 0.321 e. The Morgan fingerprint density at radius 3 is 2.60 bits per heavy atom. The van der Waals surface area contributed by atoms with E-state index in [-0.39, 0.29) is 15.5 Å². The van der Waals surface area contributed by atoms with Crippen LogP contribution in [0.5, 0.6) is 0 Å². The van der Waals surface area contributed by atoms with E-state index in [0.717, 1.165) is 6.54 Å². The van der Waals surface area contributed by atoms with Crippen LogP contribution in [0.1, 0.15) is 26.2 Å². The SMILES string of the molecule is CC1(OC(=O)C(I)C2CN2)C2CCC1C2. The third-order valence-corrected chi connectivity index (χ3v) is 5.77. The van der Waals surface area contributed by atoms with Crippen LogP contribution >= 0.6 is 22.6 Å². The normalized spacial score (nSPS) is 48.3. The second-order valence-corrected chi connectivity index (χ2v) is 6.57. The van der Waals surface area contributed by atoms with Crippen LogP contribution < -0.4 is 5.32 Å². The molecule has 3 nitrogen and oxygen atoms in total. The highest BCUT2D eigenvalue weighted by Gasteiger charge is 2.59. The van der Waals surface area contributed by atoms with Crippen LogP contribution in [0.3, 0.4) is 0 Å². The molecule has 15 heavy (non-hydrogen) atoms. The van der Waals surface area contributed by atoms with Gasteiger partial charge in [0, 0.05) is 12.6 Å².